The number of nitrogens with one attached hydrogen (secondary N) is 1. The first kappa shape index (κ1) is 16.5. The van der Waals surface area contributed by atoms with Crippen molar-refractivity contribution in [2.45, 2.75) is 63.6 Å². The SMILES string of the molecule is CCCC(C)OCCC(CO)(NC1CC1)c1ccccc1. The van der Waals surface area contributed by atoms with Crippen LogP contribution < -0.4 is 5.32 Å². The van der Waals surface area contributed by atoms with Crippen LogP contribution in [-0.2, 0) is 10.3 Å². The molecule has 0 bridgehead atoms. The average molecular weight is 291 g/mol. The van der Waals surface area contributed by atoms with Gasteiger partial charge < -0.3 is 15.2 Å². The number of ether oxygens (including phenoxy) is 1. The zero-order chi connectivity index (χ0) is 15.1. The molecular formula is C18H29NO2. The maximum Gasteiger partial charge on any atom is 0.0693 e. The van der Waals surface area contributed by atoms with Crippen molar-refractivity contribution in [3.05, 3.63) is 35.9 Å². The molecule has 0 saturated heterocycles. The van der Waals surface area contributed by atoms with Crippen molar-refractivity contribution >= 4 is 0 Å². The zero-order valence-corrected chi connectivity index (χ0v) is 13.3. The third-order valence-electron chi connectivity index (χ3n) is 4.28. The first-order chi connectivity index (χ1) is 10.2. The Labute approximate surface area is 128 Å². The van der Waals surface area contributed by atoms with E-state index < -0.39 is 0 Å². The largest absolute Gasteiger partial charge is 0.394 e. The van der Waals surface area contributed by atoms with Gasteiger partial charge in [-0.05, 0) is 38.2 Å². The summed E-state index contributed by atoms with van der Waals surface area (Å²) in [4.78, 5) is 0. The quantitative estimate of drug-likeness (QED) is 0.695. The number of hydrogen-bond acceptors (Lipinski definition) is 3. The van der Waals surface area contributed by atoms with Crippen LogP contribution in [0.4, 0.5) is 0 Å². The van der Waals surface area contributed by atoms with Crippen LogP contribution in [-0.4, -0.2) is 30.5 Å². The lowest BCUT2D eigenvalue weighted by Gasteiger charge is -2.34. The molecule has 118 valence electrons. The lowest BCUT2D eigenvalue weighted by Crippen LogP contribution is -2.47. The molecule has 0 aromatic heterocycles. The van der Waals surface area contributed by atoms with Gasteiger partial charge in [0.15, 0.2) is 0 Å². The van der Waals surface area contributed by atoms with Crippen molar-refractivity contribution in [1.82, 2.24) is 5.32 Å². The summed E-state index contributed by atoms with van der Waals surface area (Å²) >= 11 is 0. The van der Waals surface area contributed by atoms with E-state index in [4.69, 9.17) is 4.74 Å². The maximum atomic E-state index is 10.1. The van der Waals surface area contributed by atoms with E-state index in [9.17, 15) is 5.11 Å². The second-order valence-corrected chi connectivity index (χ2v) is 6.24. The molecule has 3 heteroatoms. The van der Waals surface area contributed by atoms with Crippen LogP contribution in [0.3, 0.4) is 0 Å². The number of aliphatic hydroxyl groups excluding tert-OH is 1. The predicted octanol–water partition coefficient (Wildman–Crippen LogP) is 3.22. The molecule has 2 unspecified atom stereocenters. The normalized spacial score (nSPS) is 19.2. The van der Waals surface area contributed by atoms with Crippen molar-refractivity contribution in [3.8, 4) is 0 Å². The van der Waals surface area contributed by atoms with Crippen molar-refractivity contribution in [2.75, 3.05) is 13.2 Å². The van der Waals surface area contributed by atoms with Gasteiger partial charge in [0.05, 0.1) is 18.2 Å². The maximum absolute atomic E-state index is 10.1. The van der Waals surface area contributed by atoms with Gasteiger partial charge in [-0.2, -0.15) is 0 Å². The predicted molar refractivity (Wildman–Crippen MR) is 86.3 cm³/mol. The number of rotatable bonds is 10. The summed E-state index contributed by atoms with van der Waals surface area (Å²) < 4.78 is 5.91. The van der Waals surface area contributed by atoms with E-state index in [2.05, 4.69) is 31.3 Å². The van der Waals surface area contributed by atoms with Crippen molar-refractivity contribution < 1.29 is 9.84 Å². The number of hydrogen-bond donors (Lipinski definition) is 2. The van der Waals surface area contributed by atoms with E-state index in [1.807, 2.05) is 18.2 Å². The van der Waals surface area contributed by atoms with Gasteiger partial charge in [-0.25, -0.2) is 0 Å². The molecule has 3 nitrogen and oxygen atoms in total. The fourth-order valence-electron chi connectivity index (χ4n) is 2.82. The van der Waals surface area contributed by atoms with E-state index >= 15 is 0 Å². The summed E-state index contributed by atoms with van der Waals surface area (Å²) in [5, 5.41) is 13.7. The van der Waals surface area contributed by atoms with Crippen LogP contribution in [0.2, 0.25) is 0 Å². The molecule has 1 aromatic rings. The summed E-state index contributed by atoms with van der Waals surface area (Å²) in [6.07, 6.45) is 5.75. The second kappa shape index (κ2) is 7.92. The Morgan fingerprint density at radius 3 is 2.62 bits per heavy atom. The molecule has 1 saturated carbocycles. The molecule has 1 aromatic carbocycles. The molecule has 0 aliphatic heterocycles. The molecule has 0 amide bonds. The van der Waals surface area contributed by atoms with E-state index in [-0.39, 0.29) is 12.1 Å². The highest BCUT2D eigenvalue weighted by Gasteiger charge is 2.37. The molecule has 21 heavy (non-hydrogen) atoms. The van der Waals surface area contributed by atoms with E-state index in [0.29, 0.717) is 18.8 Å². The monoisotopic (exact) mass is 291 g/mol. The van der Waals surface area contributed by atoms with Crippen molar-refractivity contribution in [2.24, 2.45) is 0 Å². The first-order valence-corrected chi connectivity index (χ1v) is 8.26. The van der Waals surface area contributed by atoms with E-state index in [0.717, 1.165) is 24.8 Å². The fourth-order valence-corrected chi connectivity index (χ4v) is 2.82. The van der Waals surface area contributed by atoms with Gasteiger partial charge in [0, 0.05) is 12.6 Å². The van der Waals surface area contributed by atoms with Gasteiger partial charge in [0.1, 0.15) is 0 Å². The Balaban J connectivity index is 2.01. The highest BCUT2D eigenvalue weighted by molar-refractivity contribution is 5.25. The molecule has 2 N–H and O–H groups in total. The van der Waals surface area contributed by atoms with Gasteiger partial charge in [0.25, 0.3) is 0 Å². The molecule has 0 radical (unpaired) electrons. The smallest absolute Gasteiger partial charge is 0.0693 e. The summed E-state index contributed by atoms with van der Waals surface area (Å²) in [5.41, 5.74) is 0.792. The minimum Gasteiger partial charge on any atom is -0.394 e. The highest BCUT2D eigenvalue weighted by Crippen LogP contribution is 2.31. The fraction of sp³-hybridized carbons (Fsp3) is 0.667. The summed E-state index contributed by atoms with van der Waals surface area (Å²) in [5.74, 6) is 0. The minimum absolute atomic E-state index is 0.110. The van der Waals surface area contributed by atoms with Gasteiger partial charge in [-0.3, -0.25) is 0 Å². The standard InChI is InChI=1S/C18H29NO2/c1-3-7-15(2)21-13-12-18(14-20,19-17-10-11-17)16-8-5-4-6-9-16/h4-6,8-9,15,17,19-20H,3,7,10-14H2,1-2H3. The highest BCUT2D eigenvalue weighted by atomic mass is 16.5. The average Bonchev–Trinajstić information content (AvgIpc) is 3.31. The molecule has 2 atom stereocenters. The Kier molecular flexibility index (Phi) is 6.22. The number of benzene rings is 1. The zero-order valence-electron chi connectivity index (χ0n) is 13.3. The summed E-state index contributed by atoms with van der Waals surface area (Å²) in [6, 6.07) is 10.8. The van der Waals surface area contributed by atoms with Crippen molar-refractivity contribution in [3.63, 3.8) is 0 Å². The van der Waals surface area contributed by atoms with Gasteiger partial charge in [-0.15, -0.1) is 0 Å². The Morgan fingerprint density at radius 2 is 2.05 bits per heavy atom. The third-order valence-corrected chi connectivity index (χ3v) is 4.28. The van der Waals surface area contributed by atoms with Gasteiger partial charge in [-0.1, -0.05) is 43.7 Å². The Morgan fingerprint density at radius 1 is 1.33 bits per heavy atom. The van der Waals surface area contributed by atoms with Gasteiger partial charge in [0.2, 0.25) is 0 Å². The molecule has 2 rings (SSSR count). The Bertz CT molecular complexity index is 405. The molecular weight excluding hydrogens is 262 g/mol. The van der Waals surface area contributed by atoms with Crippen molar-refractivity contribution in [1.29, 1.82) is 0 Å². The summed E-state index contributed by atoms with van der Waals surface area (Å²) in [6.45, 7) is 5.09. The topological polar surface area (TPSA) is 41.5 Å². The minimum atomic E-state index is -0.367. The molecule has 1 aliphatic rings. The van der Waals surface area contributed by atoms with E-state index in [1.165, 1.54) is 12.8 Å². The lowest BCUT2D eigenvalue weighted by molar-refractivity contribution is 0.0311. The molecule has 1 aliphatic carbocycles. The molecule has 1 fully saturated rings. The molecule has 0 heterocycles. The van der Waals surface area contributed by atoms with Crippen LogP contribution in [0.5, 0.6) is 0 Å². The first-order valence-electron chi connectivity index (χ1n) is 8.26. The van der Waals surface area contributed by atoms with Crippen LogP contribution in [0.15, 0.2) is 30.3 Å². The third kappa shape index (κ3) is 4.80. The lowest BCUT2D eigenvalue weighted by atomic mass is 9.87. The van der Waals surface area contributed by atoms with Crippen LogP contribution in [0, 0.1) is 0 Å². The van der Waals surface area contributed by atoms with Crippen LogP contribution in [0.1, 0.15) is 51.5 Å². The molecule has 0 spiro atoms. The van der Waals surface area contributed by atoms with E-state index in [1.54, 1.807) is 0 Å². The van der Waals surface area contributed by atoms with Gasteiger partial charge >= 0.3 is 0 Å². The van der Waals surface area contributed by atoms with Crippen LogP contribution >= 0.6 is 0 Å². The summed E-state index contributed by atoms with van der Waals surface area (Å²) in [7, 11) is 0. The van der Waals surface area contributed by atoms with Crippen LogP contribution in [0.25, 0.3) is 0 Å². The Hall–Kier alpha value is -0.900. The number of aliphatic hydroxyl groups is 1. The second-order valence-electron chi connectivity index (χ2n) is 6.24.